The van der Waals surface area contributed by atoms with Gasteiger partial charge in [-0.05, 0) is 29.8 Å². The molecule has 0 amide bonds. The summed E-state index contributed by atoms with van der Waals surface area (Å²) >= 11 is 0. The number of aromatic nitrogens is 2. The number of aromatic amines is 1. The van der Waals surface area contributed by atoms with Crippen molar-refractivity contribution in [1.82, 2.24) is 15.3 Å². The summed E-state index contributed by atoms with van der Waals surface area (Å²) < 4.78 is 0. The highest BCUT2D eigenvalue weighted by atomic mass is 16.3. The van der Waals surface area contributed by atoms with Crippen molar-refractivity contribution in [2.24, 2.45) is 0 Å². The van der Waals surface area contributed by atoms with Crippen molar-refractivity contribution in [3.05, 3.63) is 70.3 Å². The summed E-state index contributed by atoms with van der Waals surface area (Å²) in [4.78, 5) is 19.1. The maximum atomic E-state index is 11.9. The number of aromatic hydroxyl groups is 1. The summed E-state index contributed by atoms with van der Waals surface area (Å²) in [5, 5.41) is 13.0. The molecular weight excluding hydrogens is 266 g/mol. The van der Waals surface area contributed by atoms with E-state index in [1.165, 1.54) is 0 Å². The zero-order chi connectivity index (χ0) is 14.7. The number of phenolic OH excluding ortho intramolecular Hbond substituents is 1. The summed E-state index contributed by atoms with van der Waals surface area (Å²) in [6, 6.07) is 14.3. The highest BCUT2D eigenvalue weighted by Gasteiger charge is 2.02. The second kappa shape index (κ2) is 5.76. The van der Waals surface area contributed by atoms with E-state index in [2.05, 4.69) is 15.3 Å². The van der Waals surface area contributed by atoms with Gasteiger partial charge in [-0.15, -0.1) is 0 Å². The molecule has 3 rings (SSSR count). The number of fused-ring (bicyclic) bond motifs is 1. The summed E-state index contributed by atoms with van der Waals surface area (Å²) in [7, 11) is 0. The Balaban J connectivity index is 1.70. The Morgan fingerprint density at radius 2 is 1.81 bits per heavy atom. The van der Waals surface area contributed by atoms with Crippen LogP contribution in [0.5, 0.6) is 5.75 Å². The highest BCUT2D eigenvalue weighted by Crippen LogP contribution is 2.09. The first kappa shape index (κ1) is 13.3. The van der Waals surface area contributed by atoms with Crippen LogP contribution in [0.1, 0.15) is 11.4 Å². The maximum absolute atomic E-state index is 11.9. The zero-order valence-electron chi connectivity index (χ0n) is 11.3. The van der Waals surface area contributed by atoms with Crippen LogP contribution in [-0.4, -0.2) is 15.1 Å². The molecule has 0 aliphatic carbocycles. The lowest BCUT2D eigenvalue weighted by Gasteiger charge is -2.06. The molecule has 3 N–H and O–H groups in total. The van der Waals surface area contributed by atoms with E-state index >= 15 is 0 Å². The van der Waals surface area contributed by atoms with Crippen LogP contribution in [0.2, 0.25) is 0 Å². The maximum Gasteiger partial charge on any atom is 0.258 e. The van der Waals surface area contributed by atoms with E-state index in [0.717, 1.165) is 5.56 Å². The number of hydrogen-bond donors (Lipinski definition) is 3. The van der Waals surface area contributed by atoms with E-state index in [1.807, 2.05) is 30.3 Å². The van der Waals surface area contributed by atoms with Gasteiger partial charge in [-0.1, -0.05) is 24.3 Å². The van der Waals surface area contributed by atoms with Crippen molar-refractivity contribution < 1.29 is 5.11 Å². The molecule has 0 spiro atoms. The molecule has 1 aromatic heterocycles. The van der Waals surface area contributed by atoms with E-state index in [0.29, 0.717) is 29.8 Å². The van der Waals surface area contributed by atoms with Crippen LogP contribution >= 0.6 is 0 Å². The van der Waals surface area contributed by atoms with E-state index in [-0.39, 0.29) is 11.3 Å². The van der Waals surface area contributed by atoms with E-state index in [9.17, 15) is 9.90 Å². The molecule has 0 saturated heterocycles. The van der Waals surface area contributed by atoms with Crippen LogP contribution in [0.25, 0.3) is 10.9 Å². The van der Waals surface area contributed by atoms with Crippen molar-refractivity contribution in [3.8, 4) is 5.75 Å². The number of rotatable bonds is 4. The largest absolute Gasteiger partial charge is 0.508 e. The number of para-hydroxylation sites is 1. The number of nitrogens with zero attached hydrogens (tertiary/aromatic N) is 1. The minimum Gasteiger partial charge on any atom is -0.508 e. The van der Waals surface area contributed by atoms with Crippen LogP contribution in [0.15, 0.2) is 53.3 Å². The van der Waals surface area contributed by atoms with Gasteiger partial charge in [0.2, 0.25) is 0 Å². The number of hydrogen-bond acceptors (Lipinski definition) is 4. The molecule has 5 nitrogen and oxygen atoms in total. The fourth-order valence-corrected chi connectivity index (χ4v) is 2.16. The Labute approximate surface area is 121 Å². The molecule has 0 radical (unpaired) electrons. The molecule has 0 atom stereocenters. The van der Waals surface area contributed by atoms with Crippen LogP contribution in [0.4, 0.5) is 0 Å². The van der Waals surface area contributed by atoms with Crippen molar-refractivity contribution in [1.29, 1.82) is 0 Å². The van der Waals surface area contributed by atoms with Gasteiger partial charge in [-0.2, -0.15) is 0 Å². The minimum atomic E-state index is -0.123. The molecule has 5 heteroatoms. The van der Waals surface area contributed by atoms with Gasteiger partial charge in [-0.3, -0.25) is 4.79 Å². The van der Waals surface area contributed by atoms with Crippen molar-refractivity contribution in [3.63, 3.8) is 0 Å². The number of nitrogens with one attached hydrogen (secondary N) is 2. The summed E-state index contributed by atoms with van der Waals surface area (Å²) in [6.07, 6.45) is 0. The first-order valence-corrected chi connectivity index (χ1v) is 6.69. The van der Waals surface area contributed by atoms with Gasteiger partial charge in [0.15, 0.2) is 0 Å². The lowest BCUT2D eigenvalue weighted by molar-refractivity contribution is 0.475. The highest BCUT2D eigenvalue weighted by molar-refractivity contribution is 5.77. The molecule has 0 fully saturated rings. The smallest absolute Gasteiger partial charge is 0.258 e. The van der Waals surface area contributed by atoms with Gasteiger partial charge >= 0.3 is 0 Å². The second-order valence-electron chi connectivity index (χ2n) is 4.80. The van der Waals surface area contributed by atoms with Gasteiger partial charge in [0.05, 0.1) is 17.4 Å². The Morgan fingerprint density at radius 1 is 1.05 bits per heavy atom. The third kappa shape index (κ3) is 3.09. The van der Waals surface area contributed by atoms with Gasteiger partial charge in [0.1, 0.15) is 11.6 Å². The van der Waals surface area contributed by atoms with Gasteiger partial charge < -0.3 is 15.4 Å². The van der Waals surface area contributed by atoms with E-state index in [4.69, 9.17) is 0 Å². The lowest BCUT2D eigenvalue weighted by Crippen LogP contribution is -2.19. The second-order valence-corrected chi connectivity index (χ2v) is 4.80. The van der Waals surface area contributed by atoms with Crippen molar-refractivity contribution >= 4 is 10.9 Å². The number of phenols is 1. The molecule has 1 heterocycles. The van der Waals surface area contributed by atoms with Crippen LogP contribution in [0.3, 0.4) is 0 Å². The lowest BCUT2D eigenvalue weighted by atomic mass is 10.2. The monoisotopic (exact) mass is 281 g/mol. The summed E-state index contributed by atoms with van der Waals surface area (Å²) in [6.45, 7) is 1.11. The minimum absolute atomic E-state index is 0.123. The van der Waals surface area contributed by atoms with Crippen LogP contribution < -0.4 is 10.9 Å². The van der Waals surface area contributed by atoms with Gasteiger partial charge in [0.25, 0.3) is 5.56 Å². The van der Waals surface area contributed by atoms with Gasteiger partial charge in [0, 0.05) is 6.54 Å². The van der Waals surface area contributed by atoms with Crippen molar-refractivity contribution in [2.45, 2.75) is 13.1 Å². The molecule has 2 aromatic carbocycles. The molecule has 21 heavy (non-hydrogen) atoms. The predicted octanol–water partition coefficient (Wildman–Crippen LogP) is 1.92. The average Bonchev–Trinajstić information content (AvgIpc) is 2.49. The summed E-state index contributed by atoms with van der Waals surface area (Å²) in [5.74, 6) is 0.858. The van der Waals surface area contributed by atoms with Crippen LogP contribution in [0, 0.1) is 0 Å². The SMILES string of the molecule is O=c1[nH]c(CNCc2ccc(O)cc2)nc2ccccc12. The third-order valence-electron chi connectivity index (χ3n) is 3.22. The molecule has 3 aromatic rings. The van der Waals surface area contributed by atoms with E-state index in [1.54, 1.807) is 18.2 Å². The Bertz CT molecular complexity index is 810. The summed E-state index contributed by atoms with van der Waals surface area (Å²) in [5.41, 5.74) is 1.63. The standard InChI is InChI=1S/C16H15N3O2/c20-12-7-5-11(6-8-12)9-17-10-15-18-14-4-2-1-3-13(14)16(21)19-15/h1-8,17,20H,9-10H2,(H,18,19,21). The molecule has 0 bridgehead atoms. The normalized spacial score (nSPS) is 10.9. The first-order chi connectivity index (χ1) is 10.2. The molecular formula is C16H15N3O2. The van der Waals surface area contributed by atoms with Crippen molar-refractivity contribution in [2.75, 3.05) is 0 Å². The predicted molar refractivity (Wildman–Crippen MR) is 81.0 cm³/mol. The number of H-pyrrole nitrogens is 1. The Hall–Kier alpha value is -2.66. The average molecular weight is 281 g/mol. The molecule has 0 aliphatic heterocycles. The quantitative estimate of drug-likeness (QED) is 0.682. The zero-order valence-corrected chi connectivity index (χ0v) is 11.3. The fourth-order valence-electron chi connectivity index (χ4n) is 2.16. The van der Waals surface area contributed by atoms with E-state index < -0.39 is 0 Å². The third-order valence-corrected chi connectivity index (χ3v) is 3.22. The molecule has 0 aliphatic rings. The molecule has 106 valence electrons. The van der Waals surface area contributed by atoms with Gasteiger partial charge in [-0.25, -0.2) is 4.98 Å². The fraction of sp³-hybridized carbons (Fsp3) is 0.125. The Morgan fingerprint density at radius 3 is 2.62 bits per heavy atom. The van der Waals surface area contributed by atoms with Crippen LogP contribution in [-0.2, 0) is 13.1 Å². The Kier molecular flexibility index (Phi) is 3.66. The molecule has 0 unspecified atom stereocenters. The number of benzene rings is 2. The topological polar surface area (TPSA) is 78.0 Å². The first-order valence-electron chi connectivity index (χ1n) is 6.69. The molecule has 0 saturated carbocycles.